The molecule has 0 radical (unpaired) electrons. The van der Waals surface area contributed by atoms with Crippen molar-refractivity contribution in [2.24, 2.45) is 0 Å². The lowest BCUT2D eigenvalue weighted by atomic mass is 9.97. The first-order valence-electron chi connectivity index (χ1n) is 14.2. The van der Waals surface area contributed by atoms with Gasteiger partial charge in [-0.3, -0.25) is 4.57 Å². The van der Waals surface area contributed by atoms with Gasteiger partial charge in [0.05, 0.1) is 34.7 Å². The lowest BCUT2D eigenvalue weighted by Gasteiger charge is -2.42. The second kappa shape index (κ2) is 8.94. The minimum Gasteiger partial charge on any atom is -0.482 e. The molecule has 6 nitrogen and oxygen atoms in total. The number of fused-ring (bicyclic) bond motifs is 6. The quantitative estimate of drug-likeness (QED) is 0.227. The Hall–Kier alpha value is -5.62. The number of hydrogen-bond acceptors (Lipinski definition) is 4. The molecule has 200 valence electrons. The first kappa shape index (κ1) is 23.1. The number of ether oxygens (including phenoxy) is 1. The molecular weight excluding hydrogens is 518 g/mol. The molecule has 0 amide bonds. The Balaban J connectivity index is 1.23. The van der Waals surface area contributed by atoms with Gasteiger partial charge in [0, 0.05) is 33.7 Å². The largest absolute Gasteiger partial charge is 0.482 e. The van der Waals surface area contributed by atoms with Crippen LogP contribution in [0.15, 0.2) is 140 Å². The van der Waals surface area contributed by atoms with E-state index in [9.17, 15) is 0 Å². The number of benzene rings is 4. The van der Waals surface area contributed by atoms with Gasteiger partial charge in [0.1, 0.15) is 17.5 Å². The van der Waals surface area contributed by atoms with Crippen molar-refractivity contribution < 1.29 is 4.74 Å². The maximum absolute atomic E-state index is 6.54. The van der Waals surface area contributed by atoms with E-state index in [-0.39, 0.29) is 12.1 Å². The molecule has 0 fully saturated rings. The maximum Gasteiger partial charge on any atom is 0.145 e. The fourth-order valence-electron chi connectivity index (χ4n) is 6.50. The summed E-state index contributed by atoms with van der Waals surface area (Å²) >= 11 is 0. The van der Waals surface area contributed by atoms with Crippen LogP contribution in [0.4, 0.5) is 11.4 Å². The molecule has 7 aromatic rings. The zero-order chi connectivity index (χ0) is 27.6. The molecular formula is C36H25N5O. The van der Waals surface area contributed by atoms with Crippen LogP contribution >= 0.6 is 0 Å². The van der Waals surface area contributed by atoms with Crippen molar-refractivity contribution in [1.82, 2.24) is 19.3 Å². The molecule has 2 aliphatic rings. The number of para-hydroxylation sites is 4. The number of hydrogen-bond donors (Lipinski definition) is 0. The van der Waals surface area contributed by atoms with Gasteiger partial charge in [0.15, 0.2) is 0 Å². The smallest absolute Gasteiger partial charge is 0.145 e. The normalized spacial score (nSPS) is 17.7. The van der Waals surface area contributed by atoms with Crippen molar-refractivity contribution in [3.8, 4) is 11.4 Å². The molecule has 2 unspecified atom stereocenters. The number of anilines is 2. The van der Waals surface area contributed by atoms with Crippen molar-refractivity contribution in [1.29, 1.82) is 0 Å². The molecule has 4 aromatic carbocycles. The third-order valence-electron chi connectivity index (χ3n) is 8.34. The highest BCUT2D eigenvalue weighted by atomic mass is 16.5. The van der Waals surface area contributed by atoms with Crippen LogP contribution in [-0.2, 0) is 0 Å². The van der Waals surface area contributed by atoms with Gasteiger partial charge in [-0.05, 0) is 72.8 Å². The maximum atomic E-state index is 6.54. The number of nitrogens with zero attached hydrogens (tertiary/aromatic N) is 5. The second-order valence-electron chi connectivity index (χ2n) is 10.7. The van der Waals surface area contributed by atoms with Gasteiger partial charge in [-0.25, -0.2) is 9.67 Å². The summed E-state index contributed by atoms with van der Waals surface area (Å²) in [5.74, 6) is 0.869. The summed E-state index contributed by atoms with van der Waals surface area (Å²) in [7, 11) is 0. The highest BCUT2D eigenvalue weighted by molar-refractivity contribution is 6.07. The Morgan fingerprint density at radius 1 is 0.714 bits per heavy atom. The van der Waals surface area contributed by atoms with E-state index < -0.39 is 0 Å². The first-order valence-corrected chi connectivity index (χ1v) is 14.2. The van der Waals surface area contributed by atoms with Crippen molar-refractivity contribution in [3.05, 3.63) is 140 Å². The van der Waals surface area contributed by atoms with Gasteiger partial charge >= 0.3 is 0 Å². The zero-order valence-electron chi connectivity index (χ0n) is 22.6. The van der Waals surface area contributed by atoms with Crippen LogP contribution in [0, 0.1) is 0 Å². The van der Waals surface area contributed by atoms with Crippen LogP contribution in [0.2, 0.25) is 0 Å². The van der Waals surface area contributed by atoms with Crippen LogP contribution in [-0.4, -0.2) is 31.5 Å². The van der Waals surface area contributed by atoms with E-state index in [2.05, 4.69) is 113 Å². The van der Waals surface area contributed by atoms with Crippen LogP contribution in [0.1, 0.15) is 0 Å². The lowest BCUT2D eigenvalue weighted by Crippen LogP contribution is -2.46. The SMILES string of the molecule is C1=CC2Oc3ccccc3N(c3cccc(-n4c5ccccc5c5cccnc54)c3)C2C=C1n1ncc2ccccc21. The van der Waals surface area contributed by atoms with E-state index in [1.54, 1.807) is 0 Å². The standard InChI is InChI=1S/C36H25N5O/c1-3-14-30-24(9-1)23-38-41(30)27-18-19-35-33(22-27)39(32-16-5-6-17-34(32)42-35)25-10-7-11-26(21-25)40-31-15-4-2-12-28(31)29-13-8-20-37-36(29)40/h1-23,33,35H. The highest BCUT2D eigenvalue weighted by Gasteiger charge is 2.36. The highest BCUT2D eigenvalue weighted by Crippen LogP contribution is 2.44. The summed E-state index contributed by atoms with van der Waals surface area (Å²) in [6, 6.07) is 37.9. The average Bonchev–Trinajstić information content (AvgIpc) is 3.63. The van der Waals surface area contributed by atoms with Gasteiger partial charge < -0.3 is 9.64 Å². The molecule has 0 saturated carbocycles. The van der Waals surface area contributed by atoms with E-state index in [1.165, 1.54) is 5.39 Å². The minimum absolute atomic E-state index is 0.0746. The third kappa shape index (κ3) is 3.38. The minimum atomic E-state index is -0.149. The Labute approximate surface area is 242 Å². The fraction of sp³-hybridized carbons (Fsp3) is 0.0556. The summed E-state index contributed by atoms with van der Waals surface area (Å²) in [5, 5.41) is 8.19. The van der Waals surface area contributed by atoms with Crippen molar-refractivity contribution >= 4 is 49.9 Å². The third-order valence-corrected chi connectivity index (χ3v) is 8.34. The zero-order valence-corrected chi connectivity index (χ0v) is 22.6. The van der Waals surface area contributed by atoms with Gasteiger partial charge in [-0.15, -0.1) is 0 Å². The summed E-state index contributed by atoms with van der Waals surface area (Å²) < 4.78 is 10.8. The number of pyridine rings is 1. The van der Waals surface area contributed by atoms with Gasteiger partial charge in [-0.2, -0.15) is 5.10 Å². The Morgan fingerprint density at radius 3 is 2.50 bits per heavy atom. The predicted molar refractivity (Wildman–Crippen MR) is 169 cm³/mol. The number of aromatic nitrogens is 4. The van der Waals surface area contributed by atoms with Crippen molar-refractivity contribution in [2.45, 2.75) is 12.1 Å². The Morgan fingerprint density at radius 2 is 1.52 bits per heavy atom. The summed E-state index contributed by atoms with van der Waals surface area (Å²) in [5.41, 5.74) is 7.36. The molecule has 0 spiro atoms. The Bertz CT molecular complexity index is 2170. The lowest BCUT2D eigenvalue weighted by molar-refractivity contribution is 0.218. The van der Waals surface area contributed by atoms with E-state index in [4.69, 9.17) is 14.8 Å². The molecule has 1 aliphatic carbocycles. The van der Waals surface area contributed by atoms with Gasteiger partial charge in [0.25, 0.3) is 0 Å². The summed E-state index contributed by atoms with van der Waals surface area (Å²) in [6.07, 6.45) is 10.2. The predicted octanol–water partition coefficient (Wildman–Crippen LogP) is 7.91. The molecule has 4 heterocycles. The second-order valence-corrected chi connectivity index (χ2v) is 10.7. The molecule has 3 aromatic heterocycles. The molecule has 42 heavy (non-hydrogen) atoms. The van der Waals surface area contributed by atoms with Crippen LogP contribution in [0.25, 0.3) is 44.2 Å². The molecule has 6 heteroatoms. The average molecular weight is 544 g/mol. The van der Waals surface area contributed by atoms with Gasteiger partial charge in [-0.1, -0.05) is 54.6 Å². The van der Waals surface area contributed by atoms with Gasteiger partial charge in [0.2, 0.25) is 0 Å². The van der Waals surface area contributed by atoms with Crippen molar-refractivity contribution in [3.63, 3.8) is 0 Å². The van der Waals surface area contributed by atoms with Crippen molar-refractivity contribution in [2.75, 3.05) is 4.90 Å². The summed E-state index contributed by atoms with van der Waals surface area (Å²) in [6.45, 7) is 0. The first-order chi connectivity index (χ1) is 20.8. The fourth-order valence-corrected chi connectivity index (χ4v) is 6.50. The Kier molecular flexibility index (Phi) is 4.92. The topological polar surface area (TPSA) is 48.1 Å². The van der Waals surface area contributed by atoms with E-state index in [0.717, 1.165) is 56.0 Å². The van der Waals surface area contributed by atoms with Crippen LogP contribution < -0.4 is 9.64 Å². The van der Waals surface area contributed by atoms with E-state index >= 15 is 0 Å². The molecule has 2 atom stereocenters. The van der Waals surface area contributed by atoms with E-state index in [1.807, 2.05) is 41.3 Å². The summed E-state index contributed by atoms with van der Waals surface area (Å²) in [4.78, 5) is 7.20. The van der Waals surface area contributed by atoms with Crippen LogP contribution in [0.3, 0.4) is 0 Å². The molecule has 0 N–H and O–H groups in total. The molecule has 1 aliphatic heterocycles. The van der Waals surface area contributed by atoms with E-state index in [0.29, 0.717) is 0 Å². The number of rotatable bonds is 3. The molecule has 9 rings (SSSR count). The van der Waals surface area contributed by atoms with Crippen LogP contribution in [0.5, 0.6) is 5.75 Å². The number of allylic oxidation sites excluding steroid dienone is 2. The molecule has 0 bridgehead atoms. The monoisotopic (exact) mass is 543 g/mol. The molecule has 0 saturated heterocycles.